The number of hydrogen-bond donors (Lipinski definition) is 1. The number of carboxylic acids is 1. The van der Waals surface area contributed by atoms with Gasteiger partial charge in [-0.25, -0.2) is 18.7 Å². The summed E-state index contributed by atoms with van der Waals surface area (Å²) in [5, 5.41) is 24.9. The molecule has 424 valence electrons. The Bertz CT molecular complexity index is 3040. The van der Waals surface area contributed by atoms with Crippen molar-refractivity contribution in [1.82, 2.24) is 53.9 Å². The van der Waals surface area contributed by atoms with Gasteiger partial charge in [0.2, 0.25) is 12.2 Å². The van der Waals surface area contributed by atoms with Gasteiger partial charge in [0.25, 0.3) is 0 Å². The maximum absolute atomic E-state index is 14.5. The molecule has 3 aliphatic heterocycles. The van der Waals surface area contributed by atoms with E-state index in [0.717, 1.165) is 99.9 Å². The summed E-state index contributed by atoms with van der Waals surface area (Å²) in [6.07, 6.45) is 14.9. The van der Waals surface area contributed by atoms with Gasteiger partial charge in [-0.3, -0.25) is 32.5 Å². The first kappa shape index (κ1) is 60.0. The monoisotopic (exact) mass is 1100 g/mol. The first-order chi connectivity index (χ1) is 37.8. The van der Waals surface area contributed by atoms with Crippen molar-refractivity contribution < 1.29 is 58.0 Å². The Morgan fingerprint density at radius 2 is 1.23 bits per heavy atom. The zero-order valence-electron chi connectivity index (χ0n) is 46.0. The van der Waals surface area contributed by atoms with Crippen molar-refractivity contribution in [3.05, 3.63) is 118 Å². The predicted molar refractivity (Wildman–Crippen MR) is 285 cm³/mol. The minimum absolute atomic E-state index is 0. The van der Waals surface area contributed by atoms with E-state index in [2.05, 4.69) is 42.5 Å². The highest BCUT2D eigenvalue weighted by Gasteiger charge is 2.26. The summed E-state index contributed by atoms with van der Waals surface area (Å²) in [6, 6.07) is 6.41. The van der Waals surface area contributed by atoms with Gasteiger partial charge in [0.1, 0.15) is 47.4 Å². The Morgan fingerprint density at radius 1 is 0.756 bits per heavy atom. The number of fused-ring (bicyclic) bond motifs is 4. The second-order valence-electron chi connectivity index (χ2n) is 18.3. The van der Waals surface area contributed by atoms with E-state index in [0.29, 0.717) is 71.0 Å². The molecule has 6 aromatic rings. The number of amides is 1. The van der Waals surface area contributed by atoms with E-state index < -0.39 is 25.6 Å². The third-order valence-corrected chi connectivity index (χ3v) is 12.5. The maximum atomic E-state index is 14.5. The van der Waals surface area contributed by atoms with Crippen LogP contribution in [-0.2, 0) is 52.9 Å². The van der Waals surface area contributed by atoms with E-state index in [1.165, 1.54) is 30.5 Å². The highest BCUT2D eigenvalue weighted by atomic mass is 19.4. The van der Waals surface area contributed by atoms with Gasteiger partial charge in [-0.15, -0.1) is 20.4 Å². The number of hydrogen-bond acceptors (Lipinski definition) is 13. The molecule has 2 aromatic carbocycles. The van der Waals surface area contributed by atoms with Crippen LogP contribution in [0.3, 0.4) is 0 Å². The maximum Gasteiger partial charge on any atom is 0.446 e. The standard InChI is InChI=1S/C24H27FN6O2.C21H21FN4O.C4H9NO2.C2HF3O.C2H6.CH3F.CH4/c1-29(2)14-23(32)30-10-7-16(8-11-30)19-13-26-22(31-15-27-28-24(19)31)6-3-17-18-9-12-33-21(18)5-4-20(17)25;22-18-7-8-19-16(10-11-27-19)15(18)6-9-20-23-12-17(14-4-2-1-3-5-14)21-25-24-13-26(20)21;1-5(2)3-4(6)7;3-2(4,5)1-6;2*1-2;/h4-5,7,13,15H,3,6,8-12,14H2,1-2H3;4,7-8,12-13H,1-3,5-6,9-11H2;3H2,1-2H3,(H,6,7);1H;1-2H3;1H3;1H4/i;;;;2*1D;. The van der Waals surface area contributed by atoms with Crippen LogP contribution in [-0.4, -0.2) is 158 Å². The first-order valence-electron chi connectivity index (χ1n) is 26.3. The Labute approximate surface area is 453 Å². The van der Waals surface area contributed by atoms with E-state index in [1.807, 2.05) is 45.1 Å². The number of carbonyl (C=O) groups is 3. The van der Waals surface area contributed by atoms with Crippen molar-refractivity contribution in [1.29, 1.82) is 0 Å². The van der Waals surface area contributed by atoms with Gasteiger partial charge >= 0.3 is 12.1 Å². The number of halogens is 6. The van der Waals surface area contributed by atoms with E-state index >= 15 is 0 Å². The lowest BCUT2D eigenvalue weighted by Crippen LogP contribution is -2.40. The van der Waals surface area contributed by atoms with E-state index in [1.54, 1.807) is 50.7 Å². The third-order valence-electron chi connectivity index (χ3n) is 12.5. The number of allylic oxidation sites excluding steroid dienone is 2. The molecule has 78 heavy (non-hydrogen) atoms. The highest BCUT2D eigenvalue weighted by Crippen LogP contribution is 2.34. The van der Waals surface area contributed by atoms with Crippen molar-refractivity contribution in [2.24, 2.45) is 0 Å². The first-order valence-corrected chi connectivity index (χ1v) is 24.9. The van der Waals surface area contributed by atoms with Crippen LogP contribution in [0.15, 0.2) is 61.5 Å². The zero-order chi connectivity index (χ0) is 57.6. The number of aliphatic carboxylic acids is 1. The average molecular weight is 1100 g/mol. The normalized spacial score (nSPS) is 14.4. The Balaban J connectivity index is 0.000000261. The molecule has 0 fully saturated rings. The summed E-state index contributed by atoms with van der Waals surface area (Å²) in [4.78, 5) is 45.5. The van der Waals surface area contributed by atoms with Crippen molar-refractivity contribution in [3.8, 4) is 11.5 Å². The van der Waals surface area contributed by atoms with Crippen LogP contribution in [0, 0.1) is 11.6 Å². The van der Waals surface area contributed by atoms with Gasteiger partial charge < -0.3 is 24.4 Å². The van der Waals surface area contributed by atoms with Crippen molar-refractivity contribution >= 4 is 40.6 Å². The summed E-state index contributed by atoms with van der Waals surface area (Å²) >= 11 is 0. The molecule has 0 atom stereocenters. The fourth-order valence-corrected chi connectivity index (χ4v) is 9.06. The molecular weight excluding hydrogens is 1020 g/mol. The second kappa shape index (κ2) is 30.6. The van der Waals surface area contributed by atoms with Crippen molar-refractivity contribution in [2.45, 2.75) is 98.1 Å². The highest BCUT2D eigenvalue weighted by molar-refractivity contribution is 5.81. The van der Waals surface area contributed by atoms with Gasteiger partial charge in [-0.2, -0.15) is 13.2 Å². The topological polar surface area (TPSA) is 186 Å². The number of alkyl halides is 4. The molecule has 17 nitrogen and oxygen atoms in total. The fraction of sp³-hybridized carbons (Fsp3) is 0.473. The van der Waals surface area contributed by atoms with Crippen LogP contribution in [0.1, 0.15) is 101 Å². The number of likely N-dealkylation sites (N-methyl/N-ethyl adjacent to an activating group) is 2. The molecule has 0 radical (unpaired) electrons. The molecule has 1 N–H and O–H groups in total. The fourth-order valence-electron chi connectivity index (χ4n) is 9.06. The molecule has 10 rings (SSSR count). The van der Waals surface area contributed by atoms with Gasteiger partial charge in [0.05, 0.1) is 34.8 Å². The summed E-state index contributed by atoms with van der Waals surface area (Å²) in [6.45, 7) is 5.28. The number of aldehydes is 1. The summed E-state index contributed by atoms with van der Waals surface area (Å²) in [5.41, 5.74) is 9.41. The molecule has 7 heterocycles. The molecule has 1 amide bonds. The van der Waals surface area contributed by atoms with Crippen LogP contribution < -0.4 is 9.47 Å². The molecule has 4 aliphatic rings. The average Bonchev–Trinajstić information content (AvgIpc) is 4.28. The molecule has 0 spiro atoms. The minimum atomic E-state index is -4.64. The van der Waals surface area contributed by atoms with Crippen molar-refractivity contribution in [3.63, 3.8) is 0 Å². The van der Waals surface area contributed by atoms with Crippen LogP contribution in [0.25, 0.3) is 22.4 Å². The lowest BCUT2D eigenvalue weighted by Gasteiger charge is -2.27. The van der Waals surface area contributed by atoms with E-state index in [9.17, 15) is 35.9 Å². The number of carboxylic acid groups (broad SMARTS) is 1. The number of aryl methyl sites for hydroxylation is 2. The number of rotatable bonds is 12. The van der Waals surface area contributed by atoms with E-state index in [4.69, 9.17) is 22.1 Å². The van der Waals surface area contributed by atoms with Gasteiger partial charge in [0, 0.05) is 74.8 Å². The summed E-state index contributed by atoms with van der Waals surface area (Å²) < 4.78 is 96.9. The minimum Gasteiger partial charge on any atom is -0.493 e. The Kier molecular flexibility index (Phi) is 23.5. The smallest absolute Gasteiger partial charge is 0.446 e. The largest absolute Gasteiger partial charge is 0.493 e. The van der Waals surface area contributed by atoms with Crippen molar-refractivity contribution in [2.75, 3.05) is 74.7 Å². The third kappa shape index (κ3) is 17.1. The van der Waals surface area contributed by atoms with Gasteiger partial charge in [-0.1, -0.05) is 33.4 Å². The number of benzene rings is 2. The SMILES string of the molecule is C.CN(C)CC(=O)N1CC=C(c2cnc(CCc3c(F)ccc4c3CCO4)n3cnnc23)CC1.CN(C)CC(=O)O.Fc1ccc2c(c1CCc1ncc(C3=CCCCC3)c3nncn13)CCO2.O=CC(F)(F)F.[2H]CC.[2H]CF. The number of nitrogens with zero attached hydrogens (tertiary/aromatic N) is 11. The predicted octanol–water partition coefficient (Wildman–Crippen LogP) is 8.73. The Hall–Kier alpha value is -7.27. The molecule has 0 saturated carbocycles. The van der Waals surface area contributed by atoms with Crippen LogP contribution >= 0.6 is 0 Å². The molecule has 1 aliphatic carbocycles. The Morgan fingerprint density at radius 3 is 1.62 bits per heavy atom. The molecular formula is C55H71F6N11O6. The molecule has 4 aromatic heterocycles. The quantitative estimate of drug-likeness (QED) is 0.0906. The number of aromatic nitrogens is 8. The molecule has 0 saturated heterocycles. The van der Waals surface area contributed by atoms with Gasteiger partial charge in [0.15, 0.2) is 11.3 Å². The number of ether oxygens (including phenoxy) is 2. The summed E-state index contributed by atoms with van der Waals surface area (Å²) in [5.74, 6) is 2.21. The van der Waals surface area contributed by atoms with E-state index in [-0.39, 0.29) is 31.5 Å². The lowest BCUT2D eigenvalue weighted by molar-refractivity contribution is -0.156. The van der Waals surface area contributed by atoms with Crippen LogP contribution in [0.5, 0.6) is 11.5 Å². The second-order valence-corrected chi connectivity index (χ2v) is 18.3. The molecule has 23 heteroatoms. The molecule has 0 unspecified atom stereocenters. The molecule has 0 bridgehead atoms. The van der Waals surface area contributed by atoms with Crippen LogP contribution in [0.4, 0.5) is 26.3 Å². The van der Waals surface area contributed by atoms with Gasteiger partial charge in [-0.05, 0) is 120 Å². The lowest BCUT2D eigenvalue weighted by atomic mass is 9.95. The number of carbonyl (C=O) groups excluding carboxylic acids is 2. The summed E-state index contributed by atoms with van der Waals surface area (Å²) in [7, 11) is 6.22. The zero-order valence-corrected chi connectivity index (χ0v) is 44.0. The van der Waals surface area contributed by atoms with Crippen LogP contribution in [0.2, 0.25) is 0 Å².